The van der Waals surface area contributed by atoms with E-state index in [-0.39, 0.29) is 0 Å². The molecule has 16 heavy (non-hydrogen) atoms. The summed E-state index contributed by atoms with van der Waals surface area (Å²) < 4.78 is 1.06. The molecule has 1 aromatic carbocycles. The summed E-state index contributed by atoms with van der Waals surface area (Å²) in [5.74, 6) is 0.670. The first-order valence-electron chi connectivity index (χ1n) is 4.99. The van der Waals surface area contributed by atoms with Crippen LogP contribution in [0.4, 0.5) is 0 Å². The summed E-state index contributed by atoms with van der Waals surface area (Å²) in [6.07, 6.45) is 1.81. The van der Waals surface area contributed by atoms with Crippen molar-refractivity contribution >= 4 is 15.9 Å². The number of benzene rings is 1. The first kappa shape index (κ1) is 11.2. The van der Waals surface area contributed by atoms with Gasteiger partial charge in [-0.1, -0.05) is 28.1 Å². The Morgan fingerprint density at radius 3 is 2.56 bits per heavy atom. The molecule has 0 aliphatic carbocycles. The minimum absolute atomic E-state index is 0.365. The van der Waals surface area contributed by atoms with E-state index < -0.39 is 0 Å². The molecule has 1 aromatic heterocycles. The molecule has 0 aliphatic rings. The lowest BCUT2D eigenvalue weighted by Gasteiger charge is -2.06. The fourth-order valence-corrected chi connectivity index (χ4v) is 1.74. The summed E-state index contributed by atoms with van der Waals surface area (Å²) in [6, 6.07) is 8.05. The fraction of sp³-hybridized carbons (Fsp3) is 0.167. The molecule has 0 aliphatic heterocycles. The van der Waals surface area contributed by atoms with Crippen molar-refractivity contribution in [1.29, 1.82) is 0 Å². The van der Waals surface area contributed by atoms with Crippen LogP contribution in [-0.2, 0) is 6.54 Å². The van der Waals surface area contributed by atoms with Crippen LogP contribution in [-0.4, -0.2) is 9.97 Å². The number of rotatable bonds is 2. The van der Waals surface area contributed by atoms with E-state index >= 15 is 0 Å². The highest BCUT2D eigenvalue weighted by molar-refractivity contribution is 9.10. The van der Waals surface area contributed by atoms with Crippen LogP contribution in [0.2, 0.25) is 0 Å². The molecule has 0 fully saturated rings. The highest BCUT2D eigenvalue weighted by atomic mass is 79.9. The normalized spacial score (nSPS) is 10.4. The van der Waals surface area contributed by atoms with E-state index in [2.05, 4.69) is 25.9 Å². The van der Waals surface area contributed by atoms with E-state index in [0.29, 0.717) is 12.4 Å². The number of hydrogen-bond donors (Lipinski definition) is 1. The Morgan fingerprint density at radius 2 is 1.94 bits per heavy atom. The first-order valence-corrected chi connectivity index (χ1v) is 5.78. The third kappa shape index (κ3) is 2.28. The summed E-state index contributed by atoms with van der Waals surface area (Å²) in [6.45, 7) is 2.36. The second kappa shape index (κ2) is 4.72. The molecule has 2 aromatic rings. The monoisotopic (exact) mass is 277 g/mol. The van der Waals surface area contributed by atoms with Crippen LogP contribution in [0.25, 0.3) is 11.3 Å². The van der Waals surface area contributed by atoms with Crippen molar-refractivity contribution in [2.75, 3.05) is 0 Å². The SMILES string of the molecule is Cc1cnc(CN)nc1-c1ccc(Br)cc1. The van der Waals surface area contributed by atoms with Crippen molar-refractivity contribution in [3.63, 3.8) is 0 Å². The fourth-order valence-electron chi connectivity index (χ4n) is 1.48. The van der Waals surface area contributed by atoms with Crippen LogP contribution in [0.3, 0.4) is 0 Å². The van der Waals surface area contributed by atoms with E-state index in [9.17, 15) is 0 Å². The average molecular weight is 278 g/mol. The maximum atomic E-state index is 5.54. The van der Waals surface area contributed by atoms with Crippen LogP contribution >= 0.6 is 15.9 Å². The Balaban J connectivity index is 2.50. The molecular weight excluding hydrogens is 266 g/mol. The lowest BCUT2D eigenvalue weighted by atomic mass is 10.1. The second-order valence-corrected chi connectivity index (χ2v) is 4.44. The van der Waals surface area contributed by atoms with Crippen LogP contribution < -0.4 is 5.73 Å². The zero-order valence-corrected chi connectivity index (χ0v) is 10.5. The molecule has 1 heterocycles. The quantitative estimate of drug-likeness (QED) is 0.918. The minimum atomic E-state index is 0.365. The lowest BCUT2D eigenvalue weighted by Crippen LogP contribution is -2.04. The van der Waals surface area contributed by atoms with Crippen LogP contribution in [0.5, 0.6) is 0 Å². The van der Waals surface area contributed by atoms with E-state index in [1.165, 1.54) is 0 Å². The number of halogens is 1. The number of aryl methyl sites for hydroxylation is 1. The van der Waals surface area contributed by atoms with Gasteiger partial charge in [0.05, 0.1) is 12.2 Å². The molecule has 0 radical (unpaired) electrons. The number of nitrogens with two attached hydrogens (primary N) is 1. The first-order chi connectivity index (χ1) is 7.70. The van der Waals surface area contributed by atoms with Crippen LogP contribution in [0.1, 0.15) is 11.4 Å². The molecule has 0 bridgehead atoms. The Bertz CT molecular complexity index is 494. The summed E-state index contributed by atoms with van der Waals surface area (Å²) in [4.78, 5) is 8.59. The number of aromatic nitrogens is 2. The zero-order valence-electron chi connectivity index (χ0n) is 8.94. The molecule has 0 spiro atoms. The predicted octanol–water partition coefficient (Wildman–Crippen LogP) is 2.67. The third-order valence-corrected chi connectivity index (χ3v) is 2.85. The summed E-state index contributed by atoms with van der Waals surface area (Å²) >= 11 is 3.41. The maximum absolute atomic E-state index is 5.54. The van der Waals surface area contributed by atoms with Crippen LogP contribution in [0.15, 0.2) is 34.9 Å². The van der Waals surface area contributed by atoms with Gasteiger partial charge >= 0.3 is 0 Å². The number of hydrogen-bond acceptors (Lipinski definition) is 3. The summed E-state index contributed by atoms with van der Waals surface area (Å²) in [7, 11) is 0. The van der Waals surface area contributed by atoms with Gasteiger partial charge in [-0.15, -0.1) is 0 Å². The van der Waals surface area contributed by atoms with Crippen LogP contribution in [0, 0.1) is 6.92 Å². The van der Waals surface area contributed by atoms with Gasteiger partial charge in [-0.25, -0.2) is 9.97 Å². The predicted molar refractivity (Wildman–Crippen MR) is 67.8 cm³/mol. The molecule has 2 N–H and O–H groups in total. The highest BCUT2D eigenvalue weighted by Crippen LogP contribution is 2.22. The van der Waals surface area contributed by atoms with Gasteiger partial charge in [-0.05, 0) is 24.6 Å². The smallest absolute Gasteiger partial charge is 0.142 e. The number of nitrogens with zero attached hydrogens (tertiary/aromatic N) is 2. The Kier molecular flexibility index (Phi) is 3.31. The molecular formula is C12H12BrN3. The lowest BCUT2D eigenvalue weighted by molar-refractivity contribution is 0.904. The van der Waals surface area contributed by atoms with Crippen molar-refractivity contribution in [1.82, 2.24) is 9.97 Å². The topological polar surface area (TPSA) is 51.8 Å². The zero-order chi connectivity index (χ0) is 11.5. The van der Waals surface area contributed by atoms with Gasteiger partial charge in [0.2, 0.25) is 0 Å². The summed E-state index contributed by atoms with van der Waals surface area (Å²) in [5, 5.41) is 0. The molecule has 0 atom stereocenters. The Labute approximate surface area is 103 Å². The standard InChI is InChI=1S/C12H12BrN3/c1-8-7-15-11(6-14)16-12(8)9-2-4-10(13)5-3-9/h2-5,7H,6,14H2,1H3. The largest absolute Gasteiger partial charge is 0.324 e. The van der Waals surface area contributed by atoms with E-state index in [1.54, 1.807) is 0 Å². The molecule has 2 rings (SSSR count). The third-order valence-electron chi connectivity index (χ3n) is 2.32. The Hall–Kier alpha value is -1.26. The molecule has 0 amide bonds. The molecule has 82 valence electrons. The molecule has 0 saturated heterocycles. The van der Waals surface area contributed by atoms with Gasteiger partial charge in [0.25, 0.3) is 0 Å². The molecule has 0 unspecified atom stereocenters. The van der Waals surface area contributed by atoms with Crippen molar-refractivity contribution in [2.45, 2.75) is 13.5 Å². The van der Waals surface area contributed by atoms with Crippen molar-refractivity contribution in [2.24, 2.45) is 5.73 Å². The van der Waals surface area contributed by atoms with Gasteiger partial charge in [0.1, 0.15) is 5.82 Å². The van der Waals surface area contributed by atoms with Gasteiger partial charge in [0.15, 0.2) is 0 Å². The van der Waals surface area contributed by atoms with Crippen molar-refractivity contribution in [3.05, 3.63) is 46.3 Å². The Morgan fingerprint density at radius 1 is 1.25 bits per heavy atom. The van der Waals surface area contributed by atoms with Gasteiger partial charge in [0, 0.05) is 16.2 Å². The van der Waals surface area contributed by atoms with E-state index in [1.807, 2.05) is 37.4 Å². The van der Waals surface area contributed by atoms with Gasteiger partial charge < -0.3 is 5.73 Å². The molecule has 3 nitrogen and oxygen atoms in total. The van der Waals surface area contributed by atoms with Gasteiger partial charge in [-0.3, -0.25) is 0 Å². The molecule has 4 heteroatoms. The highest BCUT2D eigenvalue weighted by Gasteiger charge is 2.05. The maximum Gasteiger partial charge on any atom is 0.142 e. The van der Waals surface area contributed by atoms with E-state index in [4.69, 9.17) is 5.73 Å². The van der Waals surface area contributed by atoms with Gasteiger partial charge in [-0.2, -0.15) is 0 Å². The minimum Gasteiger partial charge on any atom is -0.324 e. The second-order valence-electron chi connectivity index (χ2n) is 3.53. The van der Waals surface area contributed by atoms with Crippen molar-refractivity contribution in [3.8, 4) is 11.3 Å². The van der Waals surface area contributed by atoms with E-state index in [0.717, 1.165) is 21.3 Å². The average Bonchev–Trinajstić information content (AvgIpc) is 2.31. The van der Waals surface area contributed by atoms with Crippen molar-refractivity contribution < 1.29 is 0 Å². The molecule has 0 saturated carbocycles. The summed E-state index contributed by atoms with van der Waals surface area (Å²) in [5.41, 5.74) is 8.62.